The van der Waals surface area contributed by atoms with E-state index >= 15 is 0 Å². The summed E-state index contributed by atoms with van der Waals surface area (Å²) in [6.07, 6.45) is 3.41. The monoisotopic (exact) mass is 772 g/mol. The molecule has 0 atom stereocenters. The fourth-order valence-corrected chi connectivity index (χ4v) is 8.71. The molecule has 60 heavy (non-hydrogen) atoms. The van der Waals surface area contributed by atoms with E-state index in [4.69, 9.17) is 19.4 Å². The van der Waals surface area contributed by atoms with Crippen molar-refractivity contribution in [1.29, 1.82) is 0 Å². The number of aromatic nitrogens is 4. The number of rotatable bonds is 9. The van der Waals surface area contributed by atoms with E-state index in [0.717, 1.165) is 72.9 Å². The number of benzene rings is 8. The summed E-state index contributed by atoms with van der Waals surface area (Å²) < 4.78 is 8.80. The van der Waals surface area contributed by atoms with Crippen LogP contribution in [0.4, 0.5) is 0 Å². The first-order valence-corrected chi connectivity index (χ1v) is 20.7. The fraction of sp³-hybridized carbons (Fsp3) is 0.0727. The maximum atomic E-state index is 6.46. The molecule has 8 aromatic carbocycles. The zero-order valence-electron chi connectivity index (χ0n) is 33.2. The molecule has 0 bridgehead atoms. The summed E-state index contributed by atoms with van der Waals surface area (Å²) in [4.78, 5) is 15.3. The van der Waals surface area contributed by atoms with Gasteiger partial charge in [-0.2, -0.15) is 0 Å². The Hall–Kier alpha value is -7.63. The average Bonchev–Trinajstić information content (AvgIpc) is 3.87. The highest BCUT2D eigenvalue weighted by Crippen LogP contribution is 2.40. The van der Waals surface area contributed by atoms with E-state index in [2.05, 4.69) is 169 Å². The van der Waals surface area contributed by atoms with Gasteiger partial charge in [0.2, 0.25) is 0 Å². The largest absolute Gasteiger partial charge is 0.455 e. The quantitative estimate of drug-likeness (QED) is 0.147. The number of aryl methyl sites for hydroxylation is 1. The lowest BCUT2D eigenvalue weighted by Crippen LogP contribution is -2.01. The predicted molar refractivity (Wildman–Crippen MR) is 247 cm³/mol. The molecule has 5 heteroatoms. The Morgan fingerprint density at radius 3 is 1.87 bits per heavy atom. The fourth-order valence-electron chi connectivity index (χ4n) is 8.71. The molecular formula is C55H40N4O. The zero-order valence-corrected chi connectivity index (χ0v) is 33.2. The van der Waals surface area contributed by atoms with Crippen LogP contribution in [-0.4, -0.2) is 19.5 Å². The topological polar surface area (TPSA) is 56.7 Å². The minimum atomic E-state index is 0.622. The Labute approximate surface area is 348 Å². The molecule has 0 radical (unpaired) electrons. The average molecular weight is 773 g/mol. The van der Waals surface area contributed by atoms with Gasteiger partial charge in [0.05, 0.1) is 11.0 Å². The van der Waals surface area contributed by atoms with Gasteiger partial charge < -0.3 is 8.98 Å². The molecule has 11 aromatic rings. The normalized spacial score (nSPS) is 11.6. The highest BCUT2D eigenvalue weighted by atomic mass is 16.3. The lowest BCUT2D eigenvalue weighted by atomic mass is 9.95. The maximum Gasteiger partial charge on any atom is 0.164 e. The van der Waals surface area contributed by atoms with E-state index in [9.17, 15) is 0 Å². The molecule has 11 rings (SSSR count). The highest BCUT2D eigenvalue weighted by molar-refractivity contribution is 6.13. The van der Waals surface area contributed by atoms with Crippen LogP contribution in [0.5, 0.6) is 0 Å². The molecule has 0 unspecified atom stereocenters. The van der Waals surface area contributed by atoms with Crippen molar-refractivity contribution in [3.8, 4) is 62.1 Å². The summed E-state index contributed by atoms with van der Waals surface area (Å²) in [7, 11) is 0. The van der Waals surface area contributed by atoms with Crippen molar-refractivity contribution < 1.29 is 4.42 Å². The Balaban J connectivity index is 1.01. The molecule has 0 amide bonds. The first-order chi connectivity index (χ1) is 29.7. The zero-order chi connectivity index (χ0) is 40.0. The lowest BCUT2D eigenvalue weighted by Gasteiger charge is -2.12. The first kappa shape index (κ1) is 35.5. The number of hydrogen-bond donors (Lipinski definition) is 0. The molecule has 0 fully saturated rings. The third-order valence-corrected chi connectivity index (χ3v) is 11.7. The first-order valence-electron chi connectivity index (χ1n) is 20.7. The number of unbranched alkanes of at least 4 members (excludes halogenated alkanes) is 1. The van der Waals surface area contributed by atoms with Crippen molar-refractivity contribution in [2.45, 2.75) is 26.2 Å². The van der Waals surface area contributed by atoms with Crippen molar-refractivity contribution in [3.63, 3.8) is 0 Å². The molecule has 0 saturated heterocycles. The van der Waals surface area contributed by atoms with Gasteiger partial charge in [-0.05, 0) is 71.5 Å². The molecule has 286 valence electrons. The second-order valence-corrected chi connectivity index (χ2v) is 15.4. The Kier molecular flexibility index (Phi) is 8.85. The SMILES string of the molecule is CCCCc1ccccc1-c1ccc(-c2nc(-c3ccccc3)nc(-c3cccc(-n4c5ccccc5c5cc(-c6cccc7c6oc6ccccc67)ccc54)c3)n2)cc1. The summed E-state index contributed by atoms with van der Waals surface area (Å²) >= 11 is 0. The van der Waals surface area contributed by atoms with Crippen molar-refractivity contribution in [1.82, 2.24) is 19.5 Å². The smallest absolute Gasteiger partial charge is 0.164 e. The molecule has 5 nitrogen and oxygen atoms in total. The molecule has 0 saturated carbocycles. The van der Waals surface area contributed by atoms with Crippen molar-refractivity contribution in [2.75, 3.05) is 0 Å². The number of hydrogen-bond acceptors (Lipinski definition) is 4. The van der Waals surface area contributed by atoms with E-state index < -0.39 is 0 Å². The number of nitrogens with zero attached hydrogens (tertiary/aromatic N) is 4. The van der Waals surface area contributed by atoms with Gasteiger partial charge in [-0.25, -0.2) is 15.0 Å². The highest BCUT2D eigenvalue weighted by Gasteiger charge is 2.18. The molecule has 0 N–H and O–H groups in total. The van der Waals surface area contributed by atoms with Gasteiger partial charge in [0.1, 0.15) is 11.2 Å². The van der Waals surface area contributed by atoms with Crippen LogP contribution in [0.1, 0.15) is 25.3 Å². The van der Waals surface area contributed by atoms with E-state index in [0.29, 0.717) is 17.5 Å². The summed E-state index contributed by atoms with van der Waals surface area (Å²) in [5.41, 5.74) is 13.9. The summed E-state index contributed by atoms with van der Waals surface area (Å²) in [5.74, 6) is 1.90. The Bertz CT molecular complexity index is 3360. The van der Waals surface area contributed by atoms with Crippen LogP contribution >= 0.6 is 0 Å². The van der Waals surface area contributed by atoms with Gasteiger partial charge in [-0.1, -0.05) is 165 Å². The van der Waals surface area contributed by atoms with E-state index in [-0.39, 0.29) is 0 Å². The molecule has 3 aromatic heterocycles. The lowest BCUT2D eigenvalue weighted by molar-refractivity contribution is 0.670. The second kappa shape index (κ2) is 14.9. The predicted octanol–water partition coefficient (Wildman–Crippen LogP) is 14.5. The Morgan fingerprint density at radius 2 is 1.03 bits per heavy atom. The molecule has 0 aliphatic heterocycles. The summed E-state index contributed by atoms with van der Waals surface area (Å²) in [6.45, 7) is 2.24. The third-order valence-electron chi connectivity index (χ3n) is 11.7. The van der Waals surface area contributed by atoms with E-state index in [1.54, 1.807) is 0 Å². The van der Waals surface area contributed by atoms with Crippen LogP contribution in [-0.2, 0) is 6.42 Å². The number of fused-ring (bicyclic) bond motifs is 6. The van der Waals surface area contributed by atoms with Gasteiger partial charge >= 0.3 is 0 Å². The summed E-state index contributed by atoms with van der Waals surface area (Å²) in [6, 6.07) is 66.2. The van der Waals surface area contributed by atoms with Gasteiger partial charge in [0, 0.05) is 49.5 Å². The van der Waals surface area contributed by atoms with Crippen molar-refractivity contribution in [2.24, 2.45) is 0 Å². The van der Waals surface area contributed by atoms with Crippen LogP contribution in [0.2, 0.25) is 0 Å². The van der Waals surface area contributed by atoms with E-state index in [1.807, 2.05) is 30.3 Å². The number of furan rings is 1. The van der Waals surface area contributed by atoms with Crippen molar-refractivity contribution >= 4 is 43.7 Å². The molecule has 0 aliphatic rings. The standard InChI is InChI=1S/C55H40N4O/c1-2-3-15-36-16-7-8-21-43(36)37-28-30-39(31-29-37)54-56-53(38-17-5-4-6-18-38)57-55(58-54)41-19-13-20-42(34-41)59-49-26-11-9-22-45(49)48-35-40(32-33-50(48)59)44-24-14-25-47-46-23-10-12-27-51(46)60-52(44)47/h4-14,16-35H,2-3,15H2,1H3. The molecule has 0 spiro atoms. The van der Waals surface area contributed by atoms with Gasteiger partial charge in [-0.15, -0.1) is 0 Å². The van der Waals surface area contributed by atoms with E-state index in [1.165, 1.54) is 40.3 Å². The van der Waals surface area contributed by atoms with Crippen LogP contribution in [0.25, 0.3) is 106 Å². The summed E-state index contributed by atoms with van der Waals surface area (Å²) in [5, 5.41) is 4.61. The van der Waals surface area contributed by atoms with Gasteiger partial charge in [-0.3, -0.25) is 0 Å². The minimum Gasteiger partial charge on any atom is -0.455 e. The molecule has 0 aliphatic carbocycles. The van der Waals surface area contributed by atoms with Crippen LogP contribution in [0, 0.1) is 0 Å². The van der Waals surface area contributed by atoms with Crippen LogP contribution in [0.3, 0.4) is 0 Å². The second-order valence-electron chi connectivity index (χ2n) is 15.4. The minimum absolute atomic E-state index is 0.622. The van der Waals surface area contributed by atoms with Crippen molar-refractivity contribution in [3.05, 3.63) is 194 Å². The van der Waals surface area contributed by atoms with Gasteiger partial charge in [0.15, 0.2) is 17.5 Å². The third kappa shape index (κ3) is 6.23. The van der Waals surface area contributed by atoms with Crippen LogP contribution < -0.4 is 0 Å². The molecular weight excluding hydrogens is 733 g/mol. The molecule has 3 heterocycles. The Morgan fingerprint density at radius 1 is 0.433 bits per heavy atom. The van der Waals surface area contributed by atoms with Gasteiger partial charge in [0.25, 0.3) is 0 Å². The number of para-hydroxylation sites is 3. The maximum absolute atomic E-state index is 6.46. The van der Waals surface area contributed by atoms with Crippen LogP contribution in [0.15, 0.2) is 192 Å².